The van der Waals surface area contributed by atoms with Gasteiger partial charge in [-0.05, 0) is 44.3 Å². The molecule has 0 spiro atoms. The smallest absolute Gasteiger partial charge is 0.177 e. The van der Waals surface area contributed by atoms with E-state index in [1.807, 2.05) is 31.2 Å². The molecular formula is C16H23NO. The van der Waals surface area contributed by atoms with Gasteiger partial charge in [0.25, 0.3) is 0 Å². The first-order valence-corrected chi connectivity index (χ1v) is 7.02. The standard InChI is InChI=1S/C16H23NO/c1-3-14-8-10-17(11-9-14)12-16(18)15-7-5-4-6-13(15)2/h4-7,14H,3,8-12H2,1-2H3. The van der Waals surface area contributed by atoms with Crippen molar-refractivity contribution in [2.45, 2.75) is 33.1 Å². The SMILES string of the molecule is CCC1CCN(CC(=O)c2ccccc2C)CC1. The monoisotopic (exact) mass is 245 g/mol. The molecule has 1 fully saturated rings. The fraction of sp³-hybridized carbons (Fsp3) is 0.562. The second kappa shape index (κ2) is 6.14. The Morgan fingerprint density at radius 3 is 2.56 bits per heavy atom. The van der Waals surface area contributed by atoms with Gasteiger partial charge in [-0.2, -0.15) is 0 Å². The summed E-state index contributed by atoms with van der Waals surface area (Å²) in [6, 6.07) is 7.88. The van der Waals surface area contributed by atoms with E-state index >= 15 is 0 Å². The summed E-state index contributed by atoms with van der Waals surface area (Å²) >= 11 is 0. The van der Waals surface area contributed by atoms with Crippen molar-refractivity contribution in [1.29, 1.82) is 0 Å². The molecule has 18 heavy (non-hydrogen) atoms. The summed E-state index contributed by atoms with van der Waals surface area (Å²) in [7, 11) is 0. The van der Waals surface area contributed by atoms with Crippen molar-refractivity contribution >= 4 is 5.78 Å². The van der Waals surface area contributed by atoms with Crippen LogP contribution in [0, 0.1) is 12.8 Å². The van der Waals surface area contributed by atoms with Crippen molar-refractivity contribution in [3.05, 3.63) is 35.4 Å². The summed E-state index contributed by atoms with van der Waals surface area (Å²) in [5.74, 6) is 1.14. The van der Waals surface area contributed by atoms with Gasteiger partial charge in [0.15, 0.2) is 5.78 Å². The maximum absolute atomic E-state index is 12.2. The predicted octanol–water partition coefficient (Wildman–Crippen LogP) is 3.30. The quantitative estimate of drug-likeness (QED) is 0.759. The van der Waals surface area contributed by atoms with E-state index < -0.39 is 0 Å². The third-order valence-corrected chi connectivity index (χ3v) is 4.10. The Balaban J connectivity index is 1.91. The largest absolute Gasteiger partial charge is 0.296 e. The van der Waals surface area contributed by atoms with Crippen LogP contribution in [-0.2, 0) is 0 Å². The molecule has 1 heterocycles. The van der Waals surface area contributed by atoms with Gasteiger partial charge in [-0.3, -0.25) is 9.69 Å². The maximum atomic E-state index is 12.2. The molecular weight excluding hydrogens is 222 g/mol. The van der Waals surface area contributed by atoms with Gasteiger partial charge in [0.2, 0.25) is 0 Å². The molecule has 2 rings (SSSR count). The minimum Gasteiger partial charge on any atom is -0.296 e. The van der Waals surface area contributed by atoms with Crippen LogP contribution in [0.1, 0.15) is 42.1 Å². The van der Waals surface area contributed by atoms with Crippen LogP contribution in [-0.4, -0.2) is 30.3 Å². The number of ketones is 1. The van der Waals surface area contributed by atoms with Crippen molar-refractivity contribution in [2.75, 3.05) is 19.6 Å². The Bertz CT molecular complexity index is 405. The minimum atomic E-state index is 0.267. The minimum absolute atomic E-state index is 0.267. The average Bonchev–Trinajstić information content (AvgIpc) is 2.40. The Kier molecular flexibility index (Phi) is 4.54. The van der Waals surface area contributed by atoms with Crippen LogP contribution in [0.4, 0.5) is 0 Å². The van der Waals surface area contributed by atoms with E-state index in [0.29, 0.717) is 6.54 Å². The van der Waals surface area contributed by atoms with Crippen LogP contribution >= 0.6 is 0 Å². The Morgan fingerprint density at radius 2 is 1.94 bits per heavy atom. The van der Waals surface area contributed by atoms with E-state index in [9.17, 15) is 4.79 Å². The fourth-order valence-electron chi connectivity index (χ4n) is 2.73. The molecule has 1 aromatic rings. The molecule has 0 unspecified atom stereocenters. The Hall–Kier alpha value is -1.15. The number of nitrogens with zero attached hydrogens (tertiary/aromatic N) is 1. The Morgan fingerprint density at radius 1 is 1.28 bits per heavy atom. The molecule has 1 aromatic carbocycles. The molecule has 1 aliphatic heterocycles. The third kappa shape index (κ3) is 3.20. The highest BCUT2D eigenvalue weighted by Crippen LogP contribution is 2.20. The molecule has 0 radical (unpaired) electrons. The van der Waals surface area contributed by atoms with Gasteiger partial charge in [0.1, 0.15) is 0 Å². The maximum Gasteiger partial charge on any atom is 0.177 e. The molecule has 2 heteroatoms. The van der Waals surface area contributed by atoms with Crippen LogP contribution < -0.4 is 0 Å². The van der Waals surface area contributed by atoms with Crippen LogP contribution in [0.25, 0.3) is 0 Å². The molecule has 0 saturated carbocycles. The van der Waals surface area contributed by atoms with Crippen molar-refractivity contribution in [1.82, 2.24) is 4.90 Å². The van der Waals surface area contributed by atoms with Gasteiger partial charge in [-0.1, -0.05) is 37.6 Å². The second-order valence-electron chi connectivity index (χ2n) is 5.37. The first-order chi connectivity index (χ1) is 8.70. The van der Waals surface area contributed by atoms with E-state index in [2.05, 4.69) is 11.8 Å². The first-order valence-electron chi connectivity index (χ1n) is 7.02. The lowest BCUT2D eigenvalue weighted by molar-refractivity contribution is 0.0894. The molecule has 0 atom stereocenters. The molecule has 0 bridgehead atoms. The molecule has 0 aromatic heterocycles. The molecule has 0 N–H and O–H groups in total. The van der Waals surface area contributed by atoms with Crippen LogP contribution in [0.2, 0.25) is 0 Å². The summed E-state index contributed by atoms with van der Waals surface area (Å²) in [5, 5.41) is 0. The van der Waals surface area contributed by atoms with Gasteiger partial charge in [-0.15, -0.1) is 0 Å². The third-order valence-electron chi connectivity index (χ3n) is 4.10. The highest BCUT2D eigenvalue weighted by Gasteiger charge is 2.20. The average molecular weight is 245 g/mol. The highest BCUT2D eigenvalue weighted by atomic mass is 16.1. The van der Waals surface area contributed by atoms with Crippen molar-refractivity contribution in [3.8, 4) is 0 Å². The summed E-state index contributed by atoms with van der Waals surface area (Å²) in [4.78, 5) is 14.5. The summed E-state index contributed by atoms with van der Waals surface area (Å²) in [5.41, 5.74) is 1.97. The number of hydrogen-bond acceptors (Lipinski definition) is 2. The number of likely N-dealkylation sites (tertiary alicyclic amines) is 1. The number of carbonyl (C=O) groups excluding carboxylic acids is 1. The van der Waals surface area contributed by atoms with Gasteiger partial charge in [0, 0.05) is 5.56 Å². The van der Waals surface area contributed by atoms with Crippen LogP contribution in [0.5, 0.6) is 0 Å². The lowest BCUT2D eigenvalue weighted by Crippen LogP contribution is -2.37. The number of rotatable bonds is 4. The summed E-state index contributed by atoms with van der Waals surface area (Å²) < 4.78 is 0. The van der Waals surface area contributed by atoms with Gasteiger partial charge >= 0.3 is 0 Å². The summed E-state index contributed by atoms with van der Waals surface area (Å²) in [6.07, 6.45) is 3.77. The van der Waals surface area contributed by atoms with Crippen LogP contribution in [0.15, 0.2) is 24.3 Å². The van der Waals surface area contributed by atoms with Gasteiger partial charge in [-0.25, -0.2) is 0 Å². The van der Waals surface area contributed by atoms with Crippen molar-refractivity contribution in [3.63, 3.8) is 0 Å². The topological polar surface area (TPSA) is 20.3 Å². The Labute approximate surface area is 110 Å². The zero-order chi connectivity index (χ0) is 13.0. The number of Topliss-reactive ketones (excluding diaryl/α,β-unsaturated/α-hetero) is 1. The fourth-order valence-corrected chi connectivity index (χ4v) is 2.73. The zero-order valence-corrected chi connectivity index (χ0v) is 11.5. The molecule has 1 aliphatic rings. The number of piperidine rings is 1. The van der Waals surface area contributed by atoms with Crippen LogP contribution in [0.3, 0.4) is 0 Å². The van der Waals surface area contributed by atoms with Gasteiger partial charge < -0.3 is 0 Å². The summed E-state index contributed by atoms with van der Waals surface area (Å²) in [6.45, 7) is 7.02. The van der Waals surface area contributed by atoms with E-state index in [0.717, 1.165) is 30.1 Å². The highest BCUT2D eigenvalue weighted by molar-refractivity contribution is 5.98. The molecule has 2 nitrogen and oxygen atoms in total. The number of benzene rings is 1. The van der Waals surface area contributed by atoms with E-state index in [-0.39, 0.29) is 5.78 Å². The molecule has 1 saturated heterocycles. The normalized spacial score (nSPS) is 17.9. The number of hydrogen-bond donors (Lipinski definition) is 0. The molecule has 98 valence electrons. The van der Waals surface area contributed by atoms with Crippen molar-refractivity contribution in [2.24, 2.45) is 5.92 Å². The number of aryl methyl sites for hydroxylation is 1. The predicted molar refractivity (Wildman–Crippen MR) is 75.0 cm³/mol. The van der Waals surface area contributed by atoms with Gasteiger partial charge in [0.05, 0.1) is 6.54 Å². The lowest BCUT2D eigenvalue weighted by Gasteiger charge is -2.30. The van der Waals surface area contributed by atoms with Crippen molar-refractivity contribution < 1.29 is 4.79 Å². The molecule has 0 aliphatic carbocycles. The van der Waals surface area contributed by atoms with E-state index in [4.69, 9.17) is 0 Å². The van der Waals surface area contributed by atoms with E-state index in [1.54, 1.807) is 0 Å². The lowest BCUT2D eigenvalue weighted by atomic mass is 9.94. The van der Waals surface area contributed by atoms with E-state index in [1.165, 1.54) is 19.3 Å². The second-order valence-corrected chi connectivity index (χ2v) is 5.37. The number of carbonyl (C=O) groups is 1. The zero-order valence-electron chi connectivity index (χ0n) is 11.5. The molecule has 0 amide bonds. The first kappa shape index (κ1) is 13.3.